The van der Waals surface area contributed by atoms with Crippen molar-refractivity contribution in [3.05, 3.63) is 47.5 Å². The summed E-state index contributed by atoms with van der Waals surface area (Å²) in [5.41, 5.74) is 0.414. The zero-order valence-corrected chi connectivity index (χ0v) is 22.1. The number of allylic oxidation sites excluding steroid dienone is 1. The lowest BCUT2D eigenvalue weighted by molar-refractivity contribution is -0.173. The highest BCUT2D eigenvalue weighted by Gasteiger charge is 2.86. The third-order valence-corrected chi connectivity index (χ3v) is 11.6. The number of carboxylic acids is 1. The Morgan fingerprint density at radius 2 is 2.00 bits per heavy atom. The Labute approximate surface area is 219 Å². The molecule has 4 bridgehead atoms. The Balaban J connectivity index is 1.35. The molecule has 4 aliphatic carbocycles. The maximum absolute atomic E-state index is 13.8. The Morgan fingerprint density at radius 1 is 1.22 bits per heavy atom. The molecule has 2 aliphatic heterocycles. The van der Waals surface area contributed by atoms with Crippen molar-refractivity contribution in [2.24, 2.45) is 56.9 Å². The van der Waals surface area contributed by atoms with Gasteiger partial charge in [0, 0.05) is 25.0 Å². The predicted molar refractivity (Wildman–Crippen MR) is 140 cm³/mol. The largest absolute Gasteiger partial charge is 0.481 e. The Kier molecular flexibility index (Phi) is 4.97. The van der Waals surface area contributed by atoms with E-state index in [2.05, 4.69) is 56.0 Å². The summed E-state index contributed by atoms with van der Waals surface area (Å²) < 4.78 is 0. The number of likely N-dealkylation sites (tertiary alicyclic amines) is 1. The molecule has 1 N–H and O–H groups in total. The van der Waals surface area contributed by atoms with Crippen LogP contribution < -0.4 is 0 Å². The van der Waals surface area contributed by atoms with Crippen LogP contribution in [0.1, 0.15) is 52.0 Å². The number of carbonyl (C=O) groups excluding carboxylic acids is 1. The van der Waals surface area contributed by atoms with Gasteiger partial charge in [-0.3, -0.25) is 9.69 Å². The van der Waals surface area contributed by atoms with E-state index in [0.717, 1.165) is 56.5 Å². The van der Waals surface area contributed by atoms with E-state index in [0.29, 0.717) is 18.3 Å². The fourth-order valence-corrected chi connectivity index (χ4v) is 10.5. The maximum atomic E-state index is 13.8. The van der Waals surface area contributed by atoms with Gasteiger partial charge >= 0.3 is 5.97 Å². The van der Waals surface area contributed by atoms with Crippen molar-refractivity contribution in [1.29, 1.82) is 0 Å². The second-order valence-electron chi connectivity index (χ2n) is 13.2. The van der Waals surface area contributed by atoms with E-state index in [4.69, 9.17) is 9.99 Å². The SMILES string of the molecule is CC(C)C1=C[C@H]2C[C@]3(C=O)[C@@H]4CC[C@@H](C)[C@H]4C[C@@]2(C2=NOC4CN(Cc5ccccc5)CC24)[C@]13C(=O)O. The minimum absolute atomic E-state index is 0.0215. The summed E-state index contributed by atoms with van der Waals surface area (Å²) in [6.07, 6.45) is 6.78. The van der Waals surface area contributed by atoms with Crippen LogP contribution >= 0.6 is 0 Å². The molecule has 0 aromatic heterocycles. The number of hydrogen-bond donors (Lipinski definition) is 1. The lowest BCUT2D eigenvalue weighted by atomic mass is 9.41. The zero-order valence-electron chi connectivity index (χ0n) is 22.1. The standard InChI is InChI=1S/C31H38N2O4/c1-18(2)25-11-21-12-29(17-34)24-10-9-19(3)22(24)13-30(21,31(25,29)28(35)36)27-23-15-33(16-26(23)37-32-27)14-20-7-5-4-6-8-20/h4-8,11,17-19,21-24,26H,9-10,12-16H2,1-3H3,(H,35,36)/t19-,21+,22-,23?,24-,26?,29+,30-,31+/m1/s1. The number of fused-ring (bicyclic) bond motifs is 3. The van der Waals surface area contributed by atoms with Crippen LogP contribution in [-0.4, -0.2) is 47.2 Å². The Bertz CT molecular complexity index is 1210. The van der Waals surface area contributed by atoms with E-state index in [9.17, 15) is 14.7 Å². The Hall–Kier alpha value is -2.47. The highest BCUT2D eigenvalue weighted by Crippen LogP contribution is 2.83. The van der Waals surface area contributed by atoms with Gasteiger partial charge < -0.3 is 14.7 Å². The summed E-state index contributed by atoms with van der Waals surface area (Å²) >= 11 is 0. The van der Waals surface area contributed by atoms with Crippen LogP contribution in [-0.2, 0) is 21.0 Å². The molecule has 2 heterocycles. The number of aldehydes is 1. The molecule has 2 unspecified atom stereocenters. The van der Waals surface area contributed by atoms with Gasteiger partial charge in [0.15, 0.2) is 0 Å². The zero-order chi connectivity index (χ0) is 25.7. The van der Waals surface area contributed by atoms with Crippen molar-refractivity contribution >= 4 is 18.0 Å². The smallest absolute Gasteiger partial charge is 0.315 e. The summed E-state index contributed by atoms with van der Waals surface area (Å²) in [6.45, 7) is 8.96. The highest BCUT2D eigenvalue weighted by molar-refractivity contribution is 6.05. The Morgan fingerprint density at radius 3 is 2.70 bits per heavy atom. The summed E-state index contributed by atoms with van der Waals surface area (Å²) in [6, 6.07) is 10.5. The van der Waals surface area contributed by atoms with Gasteiger partial charge in [-0.25, -0.2) is 0 Å². The van der Waals surface area contributed by atoms with E-state index in [-0.39, 0.29) is 29.8 Å². The molecule has 6 nitrogen and oxygen atoms in total. The van der Waals surface area contributed by atoms with Crippen LogP contribution in [0.5, 0.6) is 0 Å². The van der Waals surface area contributed by atoms with Crippen molar-refractivity contribution < 1.29 is 19.5 Å². The second kappa shape index (κ2) is 7.78. The van der Waals surface area contributed by atoms with Crippen LogP contribution in [0.15, 0.2) is 47.1 Å². The van der Waals surface area contributed by atoms with E-state index in [1.165, 1.54) is 5.56 Å². The number of hydrogen-bond acceptors (Lipinski definition) is 5. The lowest BCUT2D eigenvalue weighted by Crippen LogP contribution is -2.65. The van der Waals surface area contributed by atoms with E-state index >= 15 is 0 Å². The molecule has 7 rings (SSSR count). The highest BCUT2D eigenvalue weighted by atomic mass is 16.6. The molecule has 0 radical (unpaired) electrons. The molecule has 6 heteroatoms. The number of carboxylic acid groups (broad SMARTS) is 1. The van der Waals surface area contributed by atoms with Crippen molar-refractivity contribution in [3.8, 4) is 0 Å². The monoisotopic (exact) mass is 502 g/mol. The number of aliphatic carboxylic acids is 1. The topological polar surface area (TPSA) is 79.2 Å². The number of rotatable bonds is 6. The fraction of sp³-hybridized carbons (Fsp3) is 0.645. The minimum atomic E-state index is -1.23. The van der Waals surface area contributed by atoms with Gasteiger partial charge in [-0.05, 0) is 54.4 Å². The normalized spacial score (nSPS) is 45.4. The molecule has 37 heavy (non-hydrogen) atoms. The molecule has 0 amide bonds. The van der Waals surface area contributed by atoms with Gasteiger partial charge in [0.25, 0.3) is 0 Å². The van der Waals surface area contributed by atoms with Gasteiger partial charge in [0.05, 0.1) is 17.0 Å². The van der Waals surface area contributed by atoms with Crippen molar-refractivity contribution in [2.45, 2.75) is 59.1 Å². The first-order valence-corrected chi connectivity index (χ1v) is 14.2. The van der Waals surface area contributed by atoms with Crippen LogP contribution in [0, 0.1) is 51.8 Å². The van der Waals surface area contributed by atoms with E-state index in [1.54, 1.807) is 0 Å². The van der Waals surface area contributed by atoms with Crippen molar-refractivity contribution in [2.75, 3.05) is 13.1 Å². The number of benzene rings is 1. The number of oxime groups is 1. The van der Waals surface area contributed by atoms with E-state index < -0.39 is 22.2 Å². The molecule has 1 aromatic carbocycles. The molecule has 6 aliphatic rings. The van der Waals surface area contributed by atoms with Crippen LogP contribution in [0.2, 0.25) is 0 Å². The summed E-state index contributed by atoms with van der Waals surface area (Å²) in [5, 5.41) is 16.1. The minimum Gasteiger partial charge on any atom is -0.481 e. The summed E-state index contributed by atoms with van der Waals surface area (Å²) in [4.78, 5) is 35.7. The van der Waals surface area contributed by atoms with Crippen molar-refractivity contribution in [3.63, 3.8) is 0 Å². The van der Waals surface area contributed by atoms with Gasteiger partial charge in [0.1, 0.15) is 17.8 Å². The molecule has 0 spiro atoms. The quantitative estimate of drug-likeness (QED) is 0.447. The molecule has 1 saturated heterocycles. The summed E-state index contributed by atoms with van der Waals surface area (Å²) in [5.74, 6) is 0.315. The fourth-order valence-electron chi connectivity index (χ4n) is 10.5. The first-order chi connectivity index (χ1) is 17.8. The van der Waals surface area contributed by atoms with E-state index in [1.807, 2.05) is 6.07 Å². The predicted octanol–water partition coefficient (Wildman–Crippen LogP) is 4.80. The average Bonchev–Trinajstić information content (AvgIpc) is 3.65. The third kappa shape index (κ3) is 2.63. The second-order valence-corrected chi connectivity index (χ2v) is 13.2. The maximum Gasteiger partial charge on any atom is 0.315 e. The average molecular weight is 503 g/mol. The van der Waals surface area contributed by atoms with Crippen LogP contribution in [0.25, 0.3) is 0 Å². The number of nitrogens with zero attached hydrogens (tertiary/aromatic N) is 2. The molecule has 3 saturated carbocycles. The van der Waals surface area contributed by atoms with Crippen LogP contribution in [0.3, 0.4) is 0 Å². The van der Waals surface area contributed by atoms with Gasteiger partial charge in [-0.1, -0.05) is 74.3 Å². The number of carbonyl (C=O) groups is 2. The van der Waals surface area contributed by atoms with Gasteiger partial charge in [0.2, 0.25) is 0 Å². The molecule has 9 atom stereocenters. The van der Waals surface area contributed by atoms with Crippen molar-refractivity contribution in [1.82, 2.24) is 4.90 Å². The third-order valence-electron chi connectivity index (χ3n) is 11.6. The first kappa shape index (κ1) is 23.6. The molecule has 1 aromatic rings. The molecule has 4 fully saturated rings. The summed E-state index contributed by atoms with van der Waals surface area (Å²) in [7, 11) is 0. The van der Waals surface area contributed by atoms with Gasteiger partial charge in [-0.15, -0.1) is 0 Å². The molecule has 196 valence electrons. The molecular formula is C31H38N2O4. The molecular weight excluding hydrogens is 464 g/mol. The van der Waals surface area contributed by atoms with Crippen LogP contribution in [0.4, 0.5) is 0 Å². The lowest BCUT2D eigenvalue weighted by Gasteiger charge is -2.58. The first-order valence-electron chi connectivity index (χ1n) is 14.2. The van der Waals surface area contributed by atoms with Gasteiger partial charge in [-0.2, -0.15) is 0 Å².